The third-order valence-electron chi connectivity index (χ3n) is 5.08. The first-order valence-electron chi connectivity index (χ1n) is 10.1. The van der Waals surface area contributed by atoms with E-state index in [0.29, 0.717) is 12.1 Å². The monoisotopic (exact) mass is 413 g/mol. The number of carbonyl (C=O) groups is 1. The van der Waals surface area contributed by atoms with Crippen molar-refractivity contribution in [1.82, 2.24) is 25.2 Å². The van der Waals surface area contributed by atoms with Crippen LogP contribution in [0.4, 0.5) is 0 Å². The SMILES string of the molecule is Cc1ccc(Cn2cc(CCc3ccccc3)c(C(O)=CC(=O)c3nn[nH]n3)c2)cc1. The highest BCUT2D eigenvalue weighted by Gasteiger charge is 2.15. The van der Waals surface area contributed by atoms with Crippen LogP contribution in [0.5, 0.6) is 0 Å². The molecule has 0 unspecified atom stereocenters. The number of aliphatic hydroxyl groups is 1. The van der Waals surface area contributed by atoms with E-state index in [1.165, 1.54) is 11.1 Å². The van der Waals surface area contributed by atoms with Crippen LogP contribution in [0, 0.1) is 6.92 Å². The lowest BCUT2D eigenvalue weighted by atomic mass is 10.0. The number of H-pyrrole nitrogens is 1. The number of hydrogen-bond donors (Lipinski definition) is 2. The predicted octanol–water partition coefficient (Wildman–Crippen LogP) is 3.92. The normalized spacial score (nSPS) is 11.6. The summed E-state index contributed by atoms with van der Waals surface area (Å²) in [7, 11) is 0. The summed E-state index contributed by atoms with van der Waals surface area (Å²) in [6, 6.07) is 18.5. The molecule has 0 fully saturated rings. The van der Waals surface area contributed by atoms with Crippen LogP contribution in [-0.4, -0.2) is 36.1 Å². The minimum atomic E-state index is -0.508. The Labute approximate surface area is 180 Å². The molecule has 156 valence electrons. The van der Waals surface area contributed by atoms with E-state index in [1.54, 1.807) is 0 Å². The molecule has 0 spiro atoms. The second-order valence-corrected chi connectivity index (χ2v) is 7.47. The molecule has 2 aromatic heterocycles. The average Bonchev–Trinajstić information content (AvgIpc) is 3.45. The smallest absolute Gasteiger partial charge is 0.244 e. The van der Waals surface area contributed by atoms with Gasteiger partial charge in [0.1, 0.15) is 5.76 Å². The molecule has 0 aliphatic rings. The lowest BCUT2D eigenvalue weighted by molar-refractivity contribution is 0.103. The Morgan fingerprint density at radius 1 is 1.03 bits per heavy atom. The van der Waals surface area contributed by atoms with Crippen molar-refractivity contribution in [3.05, 3.63) is 107 Å². The summed E-state index contributed by atoms with van der Waals surface area (Å²) in [4.78, 5) is 12.3. The molecule has 0 atom stereocenters. The van der Waals surface area contributed by atoms with Gasteiger partial charge in [0.15, 0.2) is 0 Å². The number of allylic oxidation sites excluding steroid dienone is 1. The number of rotatable bonds is 8. The Hall–Kier alpha value is -4.00. The summed E-state index contributed by atoms with van der Waals surface area (Å²) in [5.74, 6) is -0.705. The minimum Gasteiger partial charge on any atom is -0.507 e. The summed E-state index contributed by atoms with van der Waals surface area (Å²) in [5, 5.41) is 23.7. The molecule has 0 amide bonds. The zero-order valence-corrected chi connectivity index (χ0v) is 17.2. The Kier molecular flexibility index (Phi) is 6.03. The van der Waals surface area contributed by atoms with Gasteiger partial charge in [-0.1, -0.05) is 60.2 Å². The van der Waals surface area contributed by atoms with Gasteiger partial charge in [-0.2, -0.15) is 5.21 Å². The van der Waals surface area contributed by atoms with Crippen LogP contribution in [0.15, 0.2) is 73.1 Å². The summed E-state index contributed by atoms with van der Waals surface area (Å²) in [6.07, 6.45) is 6.60. The van der Waals surface area contributed by atoms with Gasteiger partial charge in [0.25, 0.3) is 0 Å². The van der Waals surface area contributed by atoms with Crippen LogP contribution in [0.3, 0.4) is 0 Å². The number of aromatic amines is 1. The molecule has 2 N–H and O–H groups in total. The van der Waals surface area contributed by atoms with Crippen LogP contribution in [-0.2, 0) is 19.4 Å². The van der Waals surface area contributed by atoms with Crippen LogP contribution < -0.4 is 0 Å². The molecule has 4 aromatic rings. The third-order valence-corrected chi connectivity index (χ3v) is 5.08. The molecular formula is C24H23N5O2. The number of benzene rings is 2. The number of hydrogen-bond acceptors (Lipinski definition) is 5. The van der Waals surface area contributed by atoms with Gasteiger partial charge in [-0.3, -0.25) is 4.79 Å². The second kappa shape index (κ2) is 9.21. The fourth-order valence-corrected chi connectivity index (χ4v) is 3.44. The van der Waals surface area contributed by atoms with Gasteiger partial charge in [0, 0.05) is 30.6 Å². The van der Waals surface area contributed by atoms with E-state index in [2.05, 4.69) is 63.9 Å². The molecule has 4 rings (SSSR count). The van der Waals surface area contributed by atoms with Crippen molar-refractivity contribution >= 4 is 11.5 Å². The van der Waals surface area contributed by atoms with Crippen molar-refractivity contribution in [2.75, 3.05) is 0 Å². The quantitative estimate of drug-likeness (QED) is 0.259. The number of carbonyl (C=O) groups excluding carboxylic acids is 1. The molecule has 31 heavy (non-hydrogen) atoms. The summed E-state index contributed by atoms with van der Waals surface area (Å²) in [5.41, 5.74) is 5.17. The van der Waals surface area contributed by atoms with Gasteiger partial charge in [0.2, 0.25) is 11.6 Å². The number of nitrogens with zero attached hydrogens (tertiary/aromatic N) is 4. The van der Waals surface area contributed by atoms with Crippen molar-refractivity contribution in [1.29, 1.82) is 0 Å². The van der Waals surface area contributed by atoms with Crippen molar-refractivity contribution in [3.63, 3.8) is 0 Å². The molecule has 7 nitrogen and oxygen atoms in total. The molecule has 0 saturated heterocycles. The largest absolute Gasteiger partial charge is 0.507 e. The zero-order valence-electron chi connectivity index (χ0n) is 17.2. The van der Waals surface area contributed by atoms with E-state index in [9.17, 15) is 9.90 Å². The molecule has 0 aliphatic heterocycles. The highest BCUT2D eigenvalue weighted by Crippen LogP contribution is 2.22. The van der Waals surface area contributed by atoms with E-state index in [0.717, 1.165) is 30.0 Å². The lowest BCUT2D eigenvalue weighted by Crippen LogP contribution is -2.00. The van der Waals surface area contributed by atoms with Gasteiger partial charge in [-0.05, 0) is 41.7 Å². The van der Waals surface area contributed by atoms with Gasteiger partial charge in [-0.25, -0.2) is 0 Å². The van der Waals surface area contributed by atoms with Crippen LogP contribution in [0.2, 0.25) is 0 Å². The minimum absolute atomic E-state index is 0.0866. The molecule has 0 saturated carbocycles. The number of aryl methyl sites for hydroxylation is 3. The van der Waals surface area contributed by atoms with E-state index in [4.69, 9.17) is 0 Å². The Bertz CT molecular complexity index is 1180. The number of ketones is 1. The van der Waals surface area contributed by atoms with Gasteiger partial charge < -0.3 is 9.67 Å². The molecule has 0 radical (unpaired) electrons. The summed E-state index contributed by atoms with van der Waals surface area (Å²) in [6.45, 7) is 2.73. The summed E-state index contributed by atoms with van der Waals surface area (Å²) < 4.78 is 2.03. The number of aromatic nitrogens is 5. The van der Waals surface area contributed by atoms with Crippen LogP contribution in [0.25, 0.3) is 5.76 Å². The van der Waals surface area contributed by atoms with Crippen LogP contribution >= 0.6 is 0 Å². The Morgan fingerprint density at radius 3 is 2.52 bits per heavy atom. The second-order valence-electron chi connectivity index (χ2n) is 7.47. The molecular weight excluding hydrogens is 390 g/mol. The third kappa shape index (κ3) is 5.14. The van der Waals surface area contributed by atoms with Crippen molar-refractivity contribution in [2.24, 2.45) is 0 Å². The fraction of sp³-hybridized carbons (Fsp3) is 0.167. The number of nitrogens with one attached hydrogen (secondary N) is 1. The van der Waals surface area contributed by atoms with Crippen molar-refractivity contribution in [2.45, 2.75) is 26.3 Å². The predicted molar refractivity (Wildman–Crippen MR) is 118 cm³/mol. The molecule has 0 bridgehead atoms. The fourth-order valence-electron chi connectivity index (χ4n) is 3.44. The Balaban J connectivity index is 1.61. The standard InChI is InChI=1S/C24H23N5O2/c1-17-7-9-19(10-8-17)14-29-15-20(12-11-18-5-3-2-4-6-18)21(16-29)22(30)13-23(31)24-25-27-28-26-24/h2-10,13,15-16,30H,11-12,14H2,1H3,(H,25,26,27,28). The van der Waals surface area contributed by atoms with Crippen LogP contribution in [0.1, 0.15) is 38.4 Å². The van der Waals surface area contributed by atoms with E-state index in [1.807, 2.05) is 35.2 Å². The lowest BCUT2D eigenvalue weighted by Gasteiger charge is -2.04. The van der Waals surface area contributed by atoms with Crippen molar-refractivity contribution < 1.29 is 9.90 Å². The average molecular weight is 413 g/mol. The highest BCUT2D eigenvalue weighted by molar-refractivity contribution is 6.05. The Morgan fingerprint density at radius 2 is 1.81 bits per heavy atom. The van der Waals surface area contributed by atoms with E-state index in [-0.39, 0.29) is 11.6 Å². The molecule has 2 heterocycles. The first kappa shape index (κ1) is 20.3. The topological polar surface area (TPSA) is 96.7 Å². The highest BCUT2D eigenvalue weighted by atomic mass is 16.3. The molecule has 7 heteroatoms. The van der Waals surface area contributed by atoms with Crippen molar-refractivity contribution in [3.8, 4) is 0 Å². The van der Waals surface area contributed by atoms with Gasteiger partial charge in [0.05, 0.1) is 0 Å². The van der Waals surface area contributed by atoms with E-state index < -0.39 is 5.78 Å². The maximum Gasteiger partial charge on any atom is 0.244 e. The number of aliphatic hydroxyl groups excluding tert-OH is 1. The zero-order chi connectivity index (χ0) is 21.6. The molecule has 2 aromatic carbocycles. The van der Waals surface area contributed by atoms with E-state index >= 15 is 0 Å². The summed E-state index contributed by atoms with van der Waals surface area (Å²) >= 11 is 0. The van der Waals surface area contributed by atoms with Gasteiger partial charge >= 0.3 is 0 Å². The first-order chi connectivity index (χ1) is 15.1. The maximum atomic E-state index is 12.3. The molecule has 0 aliphatic carbocycles. The maximum absolute atomic E-state index is 12.3. The first-order valence-corrected chi connectivity index (χ1v) is 10.1. The number of tetrazole rings is 1. The van der Waals surface area contributed by atoms with Gasteiger partial charge in [-0.15, -0.1) is 10.2 Å².